The lowest BCUT2D eigenvalue weighted by Gasteiger charge is -2.32. The van der Waals surface area contributed by atoms with Gasteiger partial charge < -0.3 is 19.9 Å². The third kappa shape index (κ3) is 3.95. The van der Waals surface area contributed by atoms with Crippen molar-refractivity contribution in [1.29, 1.82) is 0 Å². The van der Waals surface area contributed by atoms with Crippen LogP contribution in [-0.2, 0) is 16.6 Å². The van der Waals surface area contributed by atoms with E-state index in [0.29, 0.717) is 39.3 Å². The summed E-state index contributed by atoms with van der Waals surface area (Å²) in [5.41, 5.74) is 1.04. The molecule has 8 heteroatoms. The fourth-order valence-corrected chi connectivity index (χ4v) is 3.54. The Labute approximate surface area is 148 Å². The van der Waals surface area contributed by atoms with Crippen molar-refractivity contribution < 1.29 is 14.3 Å². The quantitative estimate of drug-likeness (QED) is 0.876. The Morgan fingerprint density at radius 2 is 2.12 bits per heavy atom. The van der Waals surface area contributed by atoms with Crippen LogP contribution in [0.15, 0.2) is 12.4 Å². The molecule has 2 fully saturated rings. The summed E-state index contributed by atoms with van der Waals surface area (Å²) in [7, 11) is 1.87. The summed E-state index contributed by atoms with van der Waals surface area (Å²) < 4.78 is 7.04. The summed E-state index contributed by atoms with van der Waals surface area (Å²) in [4.78, 5) is 29.0. The van der Waals surface area contributed by atoms with Crippen LogP contribution >= 0.6 is 0 Å². The number of aryl methyl sites for hydroxylation is 1. The molecule has 25 heavy (non-hydrogen) atoms. The van der Waals surface area contributed by atoms with Gasteiger partial charge in [-0.05, 0) is 19.3 Å². The Balaban J connectivity index is 1.63. The second-order valence-corrected chi connectivity index (χ2v) is 6.65. The Morgan fingerprint density at radius 3 is 2.76 bits per heavy atom. The largest absolute Gasteiger partial charge is 0.378 e. The van der Waals surface area contributed by atoms with Gasteiger partial charge in [0, 0.05) is 38.4 Å². The molecule has 0 aromatic carbocycles. The Bertz CT molecular complexity index is 611. The molecule has 0 bridgehead atoms. The highest BCUT2D eigenvalue weighted by Crippen LogP contribution is 2.31. The van der Waals surface area contributed by atoms with Crippen molar-refractivity contribution in [3.63, 3.8) is 0 Å². The number of urea groups is 1. The van der Waals surface area contributed by atoms with Crippen molar-refractivity contribution in [2.24, 2.45) is 7.05 Å². The number of nitrogens with zero attached hydrogens (tertiary/aromatic N) is 4. The standard InChI is InChI=1S/C17H27N5O3/c1-3-14(16(23)21-7-9-25-10-8-21)19-17(24)22-6-4-5-15(22)13-11-18-20(2)12-13/h11-12,14-15H,3-10H2,1-2H3,(H,19,24). The molecule has 1 aromatic heterocycles. The molecule has 0 radical (unpaired) electrons. The Hall–Kier alpha value is -2.09. The molecule has 2 atom stereocenters. The summed E-state index contributed by atoms with van der Waals surface area (Å²) in [5, 5.41) is 7.15. The summed E-state index contributed by atoms with van der Waals surface area (Å²) in [6, 6.07) is -0.620. The van der Waals surface area contributed by atoms with E-state index >= 15 is 0 Å². The zero-order valence-corrected chi connectivity index (χ0v) is 15.0. The third-order valence-electron chi connectivity index (χ3n) is 4.95. The number of aromatic nitrogens is 2. The number of rotatable bonds is 4. The molecule has 0 aliphatic carbocycles. The maximum Gasteiger partial charge on any atom is 0.318 e. The van der Waals surface area contributed by atoms with E-state index in [1.807, 2.05) is 31.3 Å². The number of carbonyl (C=O) groups excluding carboxylic acids is 2. The van der Waals surface area contributed by atoms with Gasteiger partial charge in [-0.1, -0.05) is 6.92 Å². The summed E-state index contributed by atoms with van der Waals surface area (Å²) in [5.74, 6) is -0.0173. The van der Waals surface area contributed by atoms with Crippen molar-refractivity contribution in [2.45, 2.75) is 38.3 Å². The first-order valence-corrected chi connectivity index (χ1v) is 9.02. The third-order valence-corrected chi connectivity index (χ3v) is 4.95. The maximum atomic E-state index is 12.8. The average molecular weight is 349 g/mol. The number of morpholine rings is 1. The minimum Gasteiger partial charge on any atom is -0.378 e. The molecule has 8 nitrogen and oxygen atoms in total. The van der Waals surface area contributed by atoms with Gasteiger partial charge in [0.2, 0.25) is 5.91 Å². The van der Waals surface area contributed by atoms with E-state index in [0.717, 1.165) is 18.4 Å². The second kappa shape index (κ2) is 7.86. The van der Waals surface area contributed by atoms with Crippen LogP contribution in [0, 0.1) is 0 Å². The predicted molar refractivity (Wildman–Crippen MR) is 91.9 cm³/mol. The first-order chi connectivity index (χ1) is 12.1. The summed E-state index contributed by atoms with van der Waals surface area (Å²) >= 11 is 0. The zero-order chi connectivity index (χ0) is 17.8. The van der Waals surface area contributed by atoms with Crippen LogP contribution in [0.25, 0.3) is 0 Å². The second-order valence-electron chi connectivity index (χ2n) is 6.65. The first kappa shape index (κ1) is 17.7. The lowest BCUT2D eigenvalue weighted by atomic mass is 10.1. The maximum absolute atomic E-state index is 12.8. The average Bonchev–Trinajstić information content (AvgIpc) is 3.28. The van der Waals surface area contributed by atoms with E-state index in [4.69, 9.17) is 4.74 Å². The van der Waals surface area contributed by atoms with E-state index in [2.05, 4.69) is 10.4 Å². The van der Waals surface area contributed by atoms with Gasteiger partial charge in [0.05, 0.1) is 25.5 Å². The summed E-state index contributed by atoms with van der Waals surface area (Å²) in [6.45, 7) is 4.93. The van der Waals surface area contributed by atoms with Gasteiger partial charge in [0.15, 0.2) is 0 Å². The molecule has 3 amide bonds. The number of hydrogen-bond donors (Lipinski definition) is 1. The monoisotopic (exact) mass is 349 g/mol. The topological polar surface area (TPSA) is 79.7 Å². The molecular formula is C17H27N5O3. The molecule has 0 spiro atoms. The van der Waals surface area contributed by atoms with Crippen LogP contribution in [-0.4, -0.2) is 70.4 Å². The van der Waals surface area contributed by atoms with Gasteiger partial charge in [-0.25, -0.2) is 4.79 Å². The first-order valence-electron chi connectivity index (χ1n) is 9.02. The number of nitrogens with one attached hydrogen (secondary N) is 1. The minimum absolute atomic E-state index is 0.0173. The van der Waals surface area contributed by atoms with Gasteiger partial charge >= 0.3 is 6.03 Å². The van der Waals surface area contributed by atoms with Crippen LogP contribution in [0.5, 0.6) is 0 Å². The van der Waals surface area contributed by atoms with Crippen LogP contribution in [0.2, 0.25) is 0 Å². The van der Waals surface area contributed by atoms with Crippen molar-refractivity contribution in [3.8, 4) is 0 Å². The summed E-state index contributed by atoms with van der Waals surface area (Å²) in [6.07, 6.45) is 6.22. The van der Waals surface area contributed by atoms with Gasteiger partial charge in [-0.3, -0.25) is 9.48 Å². The van der Waals surface area contributed by atoms with Crippen molar-refractivity contribution in [2.75, 3.05) is 32.8 Å². The highest BCUT2D eigenvalue weighted by Gasteiger charge is 2.33. The molecule has 2 aliphatic heterocycles. The highest BCUT2D eigenvalue weighted by molar-refractivity contribution is 5.87. The van der Waals surface area contributed by atoms with Gasteiger partial charge in [-0.15, -0.1) is 0 Å². The number of ether oxygens (including phenoxy) is 1. The molecule has 1 aromatic rings. The lowest BCUT2D eigenvalue weighted by Crippen LogP contribution is -2.53. The van der Waals surface area contributed by atoms with Crippen molar-refractivity contribution in [3.05, 3.63) is 18.0 Å². The van der Waals surface area contributed by atoms with E-state index in [1.54, 1.807) is 9.58 Å². The van der Waals surface area contributed by atoms with E-state index < -0.39 is 6.04 Å². The molecule has 138 valence electrons. The molecule has 3 heterocycles. The molecule has 2 saturated heterocycles. The van der Waals surface area contributed by atoms with Crippen LogP contribution in [0.4, 0.5) is 4.79 Å². The number of amides is 3. The van der Waals surface area contributed by atoms with Crippen molar-refractivity contribution >= 4 is 11.9 Å². The van der Waals surface area contributed by atoms with Crippen LogP contribution in [0.1, 0.15) is 37.8 Å². The molecule has 3 rings (SSSR count). The van der Waals surface area contributed by atoms with Crippen LogP contribution in [0.3, 0.4) is 0 Å². The van der Waals surface area contributed by atoms with Gasteiger partial charge in [0.1, 0.15) is 6.04 Å². The SMILES string of the molecule is CCC(NC(=O)N1CCCC1c1cnn(C)c1)C(=O)N1CCOCC1. The van der Waals surface area contributed by atoms with E-state index in [-0.39, 0.29) is 18.0 Å². The molecule has 2 aliphatic rings. The predicted octanol–water partition coefficient (Wildman–Crippen LogP) is 0.904. The lowest BCUT2D eigenvalue weighted by molar-refractivity contribution is -0.137. The number of hydrogen-bond acceptors (Lipinski definition) is 4. The highest BCUT2D eigenvalue weighted by atomic mass is 16.5. The molecule has 0 saturated carbocycles. The Kier molecular flexibility index (Phi) is 5.57. The van der Waals surface area contributed by atoms with E-state index in [9.17, 15) is 9.59 Å². The van der Waals surface area contributed by atoms with Crippen LogP contribution < -0.4 is 5.32 Å². The number of carbonyl (C=O) groups is 2. The van der Waals surface area contributed by atoms with Gasteiger partial charge in [0.25, 0.3) is 0 Å². The number of likely N-dealkylation sites (tertiary alicyclic amines) is 1. The normalized spacial score (nSPS) is 22.1. The molecule has 2 unspecified atom stereocenters. The fraction of sp³-hybridized carbons (Fsp3) is 0.706. The van der Waals surface area contributed by atoms with Gasteiger partial charge in [-0.2, -0.15) is 5.10 Å². The molecule has 1 N–H and O–H groups in total. The smallest absolute Gasteiger partial charge is 0.318 e. The fourth-order valence-electron chi connectivity index (χ4n) is 3.54. The van der Waals surface area contributed by atoms with Crippen molar-refractivity contribution in [1.82, 2.24) is 24.9 Å². The van der Waals surface area contributed by atoms with E-state index in [1.165, 1.54) is 0 Å². The Morgan fingerprint density at radius 1 is 1.36 bits per heavy atom. The zero-order valence-electron chi connectivity index (χ0n) is 15.0. The molecular weight excluding hydrogens is 322 g/mol. The minimum atomic E-state index is -0.485.